The Labute approximate surface area is 65.6 Å². The monoisotopic (exact) mass is 158 g/mol. The van der Waals surface area contributed by atoms with E-state index in [-0.39, 0.29) is 5.57 Å². The number of hydrogen-bond acceptors (Lipinski definition) is 0. The van der Waals surface area contributed by atoms with Gasteiger partial charge in [-0.1, -0.05) is 12.2 Å². The van der Waals surface area contributed by atoms with E-state index in [0.717, 1.165) is 25.3 Å². The second-order valence-corrected chi connectivity index (χ2v) is 2.97. The quantitative estimate of drug-likeness (QED) is 0.549. The molecule has 1 aliphatic carbocycles. The highest BCUT2D eigenvalue weighted by atomic mass is 19.3. The van der Waals surface area contributed by atoms with Gasteiger partial charge in [0.2, 0.25) is 0 Å². The van der Waals surface area contributed by atoms with E-state index in [0.29, 0.717) is 0 Å². The third-order valence-electron chi connectivity index (χ3n) is 1.86. The van der Waals surface area contributed by atoms with E-state index >= 15 is 0 Å². The number of rotatable bonds is 1. The van der Waals surface area contributed by atoms with Crippen LogP contribution in [-0.4, -0.2) is 5.92 Å². The minimum absolute atomic E-state index is 0.198. The summed E-state index contributed by atoms with van der Waals surface area (Å²) in [5.74, 6) is -2.67. The Hall–Kier alpha value is -0.660. The standard InChI is InChI=1S/C9H12F2/c1-7-5-3-4-6-8(7)9(2,10)11/h5-6H,3-4H2,1-2H3. The molecule has 0 nitrogen and oxygen atoms in total. The minimum atomic E-state index is -2.67. The average Bonchev–Trinajstić information content (AvgIpc) is 1.86. The van der Waals surface area contributed by atoms with Crippen LogP contribution < -0.4 is 0 Å². The van der Waals surface area contributed by atoms with Crippen molar-refractivity contribution in [3.63, 3.8) is 0 Å². The Morgan fingerprint density at radius 2 is 1.82 bits per heavy atom. The van der Waals surface area contributed by atoms with Gasteiger partial charge in [-0.25, -0.2) is 8.78 Å². The molecule has 0 aliphatic heterocycles. The molecule has 0 radical (unpaired) electrons. The van der Waals surface area contributed by atoms with Gasteiger partial charge in [-0.15, -0.1) is 0 Å². The second kappa shape index (κ2) is 2.76. The third kappa shape index (κ3) is 1.88. The molecule has 0 unspecified atom stereocenters. The van der Waals surface area contributed by atoms with Gasteiger partial charge in [0.05, 0.1) is 0 Å². The van der Waals surface area contributed by atoms with Gasteiger partial charge in [-0.05, 0) is 25.3 Å². The van der Waals surface area contributed by atoms with E-state index in [1.54, 1.807) is 13.0 Å². The molecule has 0 spiro atoms. The molecule has 0 fully saturated rings. The normalized spacial score (nSPS) is 19.3. The largest absolute Gasteiger partial charge is 0.270 e. The van der Waals surface area contributed by atoms with Crippen molar-refractivity contribution in [3.8, 4) is 0 Å². The molecular formula is C9H12F2. The zero-order chi connectivity index (χ0) is 8.48. The Morgan fingerprint density at radius 1 is 1.27 bits per heavy atom. The maximum Gasteiger partial charge on any atom is 0.270 e. The molecule has 0 heterocycles. The Morgan fingerprint density at radius 3 is 2.18 bits per heavy atom. The first kappa shape index (κ1) is 8.44. The van der Waals surface area contributed by atoms with Crippen LogP contribution in [0.5, 0.6) is 0 Å². The highest BCUT2D eigenvalue weighted by Gasteiger charge is 2.28. The highest BCUT2D eigenvalue weighted by molar-refractivity contribution is 5.36. The predicted octanol–water partition coefficient (Wildman–Crippen LogP) is 3.31. The van der Waals surface area contributed by atoms with Gasteiger partial charge in [-0.2, -0.15) is 0 Å². The molecule has 0 N–H and O–H groups in total. The van der Waals surface area contributed by atoms with Gasteiger partial charge in [0.1, 0.15) is 0 Å². The lowest BCUT2D eigenvalue weighted by Crippen LogP contribution is -2.16. The fourth-order valence-corrected chi connectivity index (χ4v) is 1.32. The zero-order valence-electron chi connectivity index (χ0n) is 6.82. The highest BCUT2D eigenvalue weighted by Crippen LogP contribution is 2.32. The molecule has 0 amide bonds. The first-order valence-corrected chi connectivity index (χ1v) is 3.77. The van der Waals surface area contributed by atoms with Crippen LogP contribution in [0, 0.1) is 0 Å². The van der Waals surface area contributed by atoms with Crippen molar-refractivity contribution in [2.75, 3.05) is 0 Å². The molecule has 1 rings (SSSR count). The molecular weight excluding hydrogens is 146 g/mol. The van der Waals surface area contributed by atoms with Gasteiger partial charge in [-0.3, -0.25) is 0 Å². The fourth-order valence-electron chi connectivity index (χ4n) is 1.32. The van der Waals surface area contributed by atoms with Crippen LogP contribution >= 0.6 is 0 Å². The van der Waals surface area contributed by atoms with Gasteiger partial charge >= 0.3 is 0 Å². The van der Waals surface area contributed by atoms with Gasteiger partial charge in [0, 0.05) is 12.5 Å². The first-order chi connectivity index (χ1) is 5.02. The molecule has 0 atom stereocenters. The third-order valence-corrected chi connectivity index (χ3v) is 1.86. The molecule has 62 valence electrons. The molecule has 1 aliphatic rings. The van der Waals surface area contributed by atoms with Crippen LogP contribution in [0.15, 0.2) is 23.3 Å². The van der Waals surface area contributed by atoms with E-state index in [1.165, 1.54) is 0 Å². The molecule has 0 saturated carbocycles. The van der Waals surface area contributed by atoms with Gasteiger partial charge in [0.25, 0.3) is 5.92 Å². The van der Waals surface area contributed by atoms with Gasteiger partial charge < -0.3 is 0 Å². The van der Waals surface area contributed by atoms with E-state index in [4.69, 9.17) is 0 Å². The van der Waals surface area contributed by atoms with E-state index < -0.39 is 5.92 Å². The summed E-state index contributed by atoms with van der Waals surface area (Å²) in [6.07, 6.45) is 5.14. The maximum atomic E-state index is 12.7. The average molecular weight is 158 g/mol. The second-order valence-electron chi connectivity index (χ2n) is 2.97. The summed E-state index contributed by atoms with van der Waals surface area (Å²) in [5.41, 5.74) is 0.924. The van der Waals surface area contributed by atoms with E-state index in [1.807, 2.05) is 6.08 Å². The molecule has 11 heavy (non-hydrogen) atoms. The van der Waals surface area contributed by atoms with Crippen LogP contribution in [-0.2, 0) is 0 Å². The van der Waals surface area contributed by atoms with Crippen molar-refractivity contribution in [2.24, 2.45) is 0 Å². The van der Waals surface area contributed by atoms with Gasteiger partial charge in [0.15, 0.2) is 0 Å². The Kier molecular flexibility index (Phi) is 2.12. The number of hydrogen-bond donors (Lipinski definition) is 0. The number of alkyl halides is 2. The smallest absolute Gasteiger partial charge is 0.202 e. The molecule has 0 aromatic heterocycles. The summed E-state index contributed by atoms with van der Waals surface area (Å²) >= 11 is 0. The lowest BCUT2D eigenvalue weighted by Gasteiger charge is -2.18. The lowest BCUT2D eigenvalue weighted by molar-refractivity contribution is 0.0652. The van der Waals surface area contributed by atoms with E-state index in [2.05, 4.69) is 0 Å². The van der Waals surface area contributed by atoms with Crippen molar-refractivity contribution in [3.05, 3.63) is 23.3 Å². The van der Waals surface area contributed by atoms with Crippen molar-refractivity contribution in [1.82, 2.24) is 0 Å². The SMILES string of the molecule is CC1=CCCC=C1C(C)(F)F. The Bertz CT molecular complexity index is 206. The number of halogens is 2. The summed E-state index contributed by atoms with van der Waals surface area (Å²) in [7, 11) is 0. The zero-order valence-corrected chi connectivity index (χ0v) is 6.82. The van der Waals surface area contributed by atoms with Crippen molar-refractivity contribution < 1.29 is 8.78 Å². The van der Waals surface area contributed by atoms with Crippen molar-refractivity contribution >= 4 is 0 Å². The van der Waals surface area contributed by atoms with Crippen LogP contribution in [0.3, 0.4) is 0 Å². The minimum Gasteiger partial charge on any atom is -0.202 e. The van der Waals surface area contributed by atoms with Crippen LogP contribution in [0.25, 0.3) is 0 Å². The first-order valence-electron chi connectivity index (χ1n) is 3.77. The Balaban J connectivity index is 2.87. The topological polar surface area (TPSA) is 0 Å². The summed E-state index contributed by atoms with van der Waals surface area (Å²) in [4.78, 5) is 0. The van der Waals surface area contributed by atoms with Crippen molar-refractivity contribution in [1.29, 1.82) is 0 Å². The summed E-state index contributed by atoms with van der Waals surface area (Å²) in [5, 5.41) is 0. The molecule has 0 saturated heterocycles. The van der Waals surface area contributed by atoms with E-state index in [9.17, 15) is 8.78 Å². The molecule has 2 heteroatoms. The summed E-state index contributed by atoms with van der Waals surface area (Å²) in [6.45, 7) is 2.68. The summed E-state index contributed by atoms with van der Waals surface area (Å²) < 4.78 is 25.5. The van der Waals surface area contributed by atoms with Crippen molar-refractivity contribution in [2.45, 2.75) is 32.6 Å². The maximum absolute atomic E-state index is 12.7. The lowest BCUT2D eigenvalue weighted by atomic mass is 9.95. The van der Waals surface area contributed by atoms with Crippen LogP contribution in [0.1, 0.15) is 26.7 Å². The predicted molar refractivity (Wildman–Crippen MR) is 41.7 cm³/mol. The number of allylic oxidation sites excluding steroid dienone is 4. The molecule has 0 aromatic rings. The summed E-state index contributed by atoms with van der Waals surface area (Å²) in [6, 6.07) is 0. The fraction of sp³-hybridized carbons (Fsp3) is 0.556. The molecule has 0 bridgehead atoms. The van der Waals surface area contributed by atoms with Crippen LogP contribution in [0.2, 0.25) is 0 Å². The van der Waals surface area contributed by atoms with Crippen LogP contribution in [0.4, 0.5) is 8.78 Å². The molecule has 0 aromatic carbocycles.